The summed E-state index contributed by atoms with van der Waals surface area (Å²) < 4.78 is 43.9. The molecule has 1 amide bonds. The van der Waals surface area contributed by atoms with Crippen molar-refractivity contribution in [2.45, 2.75) is 25.7 Å². The van der Waals surface area contributed by atoms with Crippen LogP contribution in [0, 0.1) is 0 Å². The van der Waals surface area contributed by atoms with Crippen LogP contribution >= 0.6 is 24.8 Å². The average molecular weight is 412 g/mol. The predicted molar refractivity (Wildman–Crippen MR) is 95.7 cm³/mol. The Hall–Kier alpha value is -2.03. The van der Waals surface area contributed by atoms with Gasteiger partial charge in [0.1, 0.15) is 5.75 Å². The number of nitrogens with two attached hydrogens (primary N) is 1. The highest BCUT2D eigenvalue weighted by molar-refractivity contribution is 5.85. The summed E-state index contributed by atoms with van der Waals surface area (Å²) in [4.78, 5) is 15.3. The van der Waals surface area contributed by atoms with Crippen LogP contribution in [0.4, 0.5) is 13.2 Å². The molecule has 0 aliphatic rings. The number of hydrogen-bond donors (Lipinski definition) is 2. The second-order valence-electron chi connectivity index (χ2n) is 5.11. The summed E-state index contributed by atoms with van der Waals surface area (Å²) in [6, 6.07) is 7.30. The second-order valence-corrected chi connectivity index (χ2v) is 5.11. The molecule has 0 aliphatic carbocycles. The molecule has 1 heterocycles. The summed E-state index contributed by atoms with van der Waals surface area (Å²) in [6.45, 7) is 1.77. The van der Waals surface area contributed by atoms with E-state index in [1.54, 1.807) is 13.0 Å². The quantitative estimate of drug-likeness (QED) is 0.785. The lowest BCUT2D eigenvalue weighted by atomic mass is 10.2. The molecule has 1 aromatic carbocycles. The van der Waals surface area contributed by atoms with E-state index in [1.807, 2.05) is 0 Å². The minimum Gasteiger partial charge on any atom is -0.438 e. The highest BCUT2D eigenvalue weighted by atomic mass is 35.5. The van der Waals surface area contributed by atoms with Gasteiger partial charge in [-0.25, -0.2) is 4.98 Å². The molecular formula is C16H18Cl2F3N3O2. The summed E-state index contributed by atoms with van der Waals surface area (Å²) in [5.41, 5.74) is 5.21. The molecule has 0 aliphatic heterocycles. The number of hydrogen-bond acceptors (Lipinski definition) is 4. The predicted octanol–water partition coefficient (Wildman–Crippen LogP) is 3.70. The average Bonchev–Trinajstić information content (AvgIpc) is 2.53. The summed E-state index contributed by atoms with van der Waals surface area (Å²) in [7, 11) is 0. The molecule has 2 rings (SSSR count). The fraction of sp³-hybridized carbons (Fsp3) is 0.250. The van der Waals surface area contributed by atoms with Crippen LogP contribution in [0.5, 0.6) is 11.6 Å². The third-order valence-corrected chi connectivity index (χ3v) is 3.08. The number of benzene rings is 1. The van der Waals surface area contributed by atoms with Crippen LogP contribution < -0.4 is 15.8 Å². The summed E-state index contributed by atoms with van der Waals surface area (Å²) in [6.07, 6.45) is -3.10. The number of pyridine rings is 1. The number of alkyl halides is 3. The molecule has 1 atom stereocenters. The van der Waals surface area contributed by atoms with E-state index in [0.29, 0.717) is 5.56 Å². The first-order chi connectivity index (χ1) is 11.3. The highest BCUT2D eigenvalue weighted by Gasteiger charge is 2.34. The Morgan fingerprint density at radius 2 is 1.88 bits per heavy atom. The smallest absolute Gasteiger partial charge is 0.419 e. The lowest BCUT2D eigenvalue weighted by Gasteiger charge is -2.13. The largest absolute Gasteiger partial charge is 0.438 e. The molecule has 3 N–H and O–H groups in total. The number of amides is 1. The van der Waals surface area contributed by atoms with Crippen molar-refractivity contribution in [1.82, 2.24) is 10.3 Å². The molecule has 10 heteroatoms. The van der Waals surface area contributed by atoms with Crippen molar-refractivity contribution in [3.8, 4) is 11.6 Å². The maximum atomic E-state index is 12.9. The second kappa shape index (κ2) is 10.2. The number of rotatable bonds is 5. The van der Waals surface area contributed by atoms with E-state index in [1.165, 1.54) is 30.5 Å². The molecule has 5 nitrogen and oxygen atoms in total. The van der Waals surface area contributed by atoms with Crippen LogP contribution in [-0.4, -0.2) is 16.9 Å². The van der Waals surface area contributed by atoms with Crippen molar-refractivity contribution in [3.05, 3.63) is 53.7 Å². The minimum atomic E-state index is -4.51. The molecule has 2 aromatic rings. The van der Waals surface area contributed by atoms with Crippen LogP contribution in [0.15, 0.2) is 42.6 Å². The van der Waals surface area contributed by atoms with Crippen LogP contribution in [0.1, 0.15) is 18.1 Å². The van der Waals surface area contributed by atoms with Gasteiger partial charge in [0, 0.05) is 18.8 Å². The fourth-order valence-electron chi connectivity index (χ4n) is 1.83. The number of ether oxygens (including phenoxy) is 1. The van der Waals surface area contributed by atoms with Crippen LogP contribution in [0.25, 0.3) is 0 Å². The van der Waals surface area contributed by atoms with Gasteiger partial charge in [0.2, 0.25) is 11.8 Å². The lowest BCUT2D eigenvalue weighted by Crippen LogP contribution is -2.37. The first kappa shape index (κ1) is 24.0. The van der Waals surface area contributed by atoms with E-state index in [-0.39, 0.29) is 48.9 Å². The van der Waals surface area contributed by atoms with Gasteiger partial charge in [0.25, 0.3) is 0 Å². The van der Waals surface area contributed by atoms with Gasteiger partial charge in [-0.1, -0.05) is 18.2 Å². The van der Waals surface area contributed by atoms with E-state index in [4.69, 9.17) is 10.5 Å². The van der Waals surface area contributed by atoms with Crippen molar-refractivity contribution in [1.29, 1.82) is 0 Å². The van der Waals surface area contributed by atoms with E-state index < -0.39 is 17.8 Å². The van der Waals surface area contributed by atoms with Crippen molar-refractivity contribution in [2.75, 3.05) is 0 Å². The van der Waals surface area contributed by atoms with Gasteiger partial charge in [0.05, 0.1) is 11.6 Å². The van der Waals surface area contributed by atoms with E-state index in [2.05, 4.69) is 10.3 Å². The van der Waals surface area contributed by atoms with Crippen LogP contribution in [-0.2, 0) is 17.5 Å². The molecule has 144 valence electrons. The van der Waals surface area contributed by atoms with Gasteiger partial charge in [-0.3, -0.25) is 4.79 Å². The topological polar surface area (TPSA) is 77.2 Å². The van der Waals surface area contributed by atoms with Gasteiger partial charge >= 0.3 is 6.18 Å². The Kier molecular flexibility index (Phi) is 9.40. The van der Waals surface area contributed by atoms with Gasteiger partial charge in [0.15, 0.2) is 0 Å². The highest BCUT2D eigenvalue weighted by Crippen LogP contribution is 2.37. The summed E-state index contributed by atoms with van der Waals surface area (Å²) >= 11 is 0. The molecule has 26 heavy (non-hydrogen) atoms. The zero-order valence-corrected chi connectivity index (χ0v) is 15.3. The SMILES string of the molecule is C[C@@H](N)C(=O)NCc1ccc(Oc2ccccc2C(F)(F)F)nc1.Cl.Cl. The normalized spacial score (nSPS) is 11.6. The molecule has 0 spiro atoms. The van der Waals surface area contributed by atoms with E-state index in [9.17, 15) is 18.0 Å². The molecular weight excluding hydrogens is 394 g/mol. The maximum absolute atomic E-state index is 12.9. The van der Waals surface area contributed by atoms with Crippen molar-refractivity contribution in [3.63, 3.8) is 0 Å². The molecule has 0 unspecified atom stereocenters. The summed E-state index contributed by atoms with van der Waals surface area (Å²) in [5, 5.41) is 2.60. The number of para-hydroxylation sites is 1. The van der Waals surface area contributed by atoms with Crippen LogP contribution in [0.2, 0.25) is 0 Å². The van der Waals surface area contributed by atoms with E-state index in [0.717, 1.165) is 6.07 Å². The number of nitrogens with one attached hydrogen (secondary N) is 1. The zero-order chi connectivity index (χ0) is 17.7. The first-order valence-corrected chi connectivity index (χ1v) is 7.09. The third kappa shape index (κ3) is 6.70. The maximum Gasteiger partial charge on any atom is 0.419 e. The first-order valence-electron chi connectivity index (χ1n) is 7.09. The minimum absolute atomic E-state index is 0. The van der Waals surface area contributed by atoms with Crippen LogP contribution in [0.3, 0.4) is 0 Å². The third-order valence-electron chi connectivity index (χ3n) is 3.08. The molecule has 0 saturated heterocycles. The Bertz CT molecular complexity index is 711. The van der Waals surface area contributed by atoms with Gasteiger partial charge < -0.3 is 15.8 Å². The zero-order valence-electron chi connectivity index (χ0n) is 13.6. The Labute approximate surface area is 161 Å². The van der Waals surface area contributed by atoms with Crippen molar-refractivity contribution >= 4 is 30.7 Å². The monoisotopic (exact) mass is 411 g/mol. The number of halogens is 5. The molecule has 0 saturated carbocycles. The van der Waals surface area contributed by atoms with Crippen molar-refractivity contribution < 1.29 is 22.7 Å². The molecule has 1 aromatic heterocycles. The lowest BCUT2D eigenvalue weighted by molar-refractivity contribution is -0.138. The fourth-order valence-corrected chi connectivity index (χ4v) is 1.83. The van der Waals surface area contributed by atoms with Gasteiger partial charge in [-0.15, -0.1) is 24.8 Å². The van der Waals surface area contributed by atoms with Crippen molar-refractivity contribution in [2.24, 2.45) is 5.73 Å². The molecule has 0 radical (unpaired) electrons. The summed E-state index contributed by atoms with van der Waals surface area (Å²) in [5.74, 6) is -0.612. The Morgan fingerprint density at radius 3 is 2.42 bits per heavy atom. The number of carbonyl (C=O) groups excluding carboxylic acids is 1. The Balaban J connectivity index is 0.00000312. The Morgan fingerprint density at radius 1 is 1.23 bits per heavy atom. The standard InChI is InChI=1S/C16H16F3N3O2.2ClH/c1-10(20)15(23)22-9-11-6-7-14(21-8-11)24-13-5-3-2-4-12(13)16(17,18)19;;/h2-8,10H,9,20H2,1H3,(H,22,23);2*1H/t10-;;/m1../s1. The van der Waals surface area contributed by atoms with Gasteiger partial charge in [-0.05, 0) is 24.6 Å². The van der Waals surface area contributed by atoms with Gasteiger partial charge in [-0.2, -0.15) is 13.2 Å². The van der Waals surface area contributed by atoms with E-state index >= 15 is 0 Å². The molecule has 0 fully saturated rings. The number of nitrogens with zero attached hydrogens (tertiary/aromatic N) is 1. The number of carbonyl (C=O) groups is 1. The molecule has 0 bridgehead atoms. The number of aromatic nitrogens is 1.